The van der Waals surface area contributed by atoms with Crippen molar-refractivity contribution in [1.29, 1.82) is 0 Å². The number of nitrogens with zero attached hydrogens (tertiary/aromatic N) is 3. The maximum absolute atomic E-state index is 11.1. The van der Waals surface area contributed by atoms with Crippen LogP contribution in [0.15, 0.2) is 23.5 Å². The summed E-state index contributed by atoms with van der Waals surface area (Å²) < 4.78 is 1.25. The minimum absolute atomic E-state index is 0.488. The second-order valence-corrected chi connectivity index (χ2v) is 2.65. The van der Waals surface area contributed by atoms with Crippen molar-refractivity contribution in [2.75, 3.05) is 7.05 Å². The number of hydrogen-bond acceptors (Lipinski definition) is 3. The van der Waals surface area contributed by atoms with Crippen LogP contribution in [-0.4, -0.2) is 23.8 Å². The van der Waals surface area contributed by atoms with E-state index in [9.17, 15) is 9.59 Å². The molecule has 0 unspecified atom stereocenters. The van der Waals surface area contributed by atoms with Crippen molar-refractivity contribution in [3.63, 3.8) is 0 Å². The molecule has 0 atom stereocenters. The van der Waals surface area contributed by atoms with Crippen LogP contribution in [0.1, 0.15) is 0 Å². The summed E-state index contributed by atoms with van der Waals surface area (Å²) in [7, 11) is 1.52. The van der Waals surface area contributed by atoms with Crippen molar-refractivity contribution in [3.8, 4) is 0 Å². The summed E-state index contributed by atoms with van der Waals surface area (Å²) in [6.07, 6.45) is 3.03. The molecule has 0 aromatic carbocycles. The summed E-state index contributed by atoms with van der Waals surface area (Å²) in [5.74, 6) is -1.36. The molecule has 0 N–H and O–H groups in total. The molecule has 0 bridgehead atoms. The molecule has 1 aromatic heterocycles. The molecule has 64 valence electrons. The van der Waals surface area contributed by atoms with Crippen LogP contribution in [0.4, 0.5) is 0 Å². The zero-order chi connectivity index (χ0) is 9.42. The van der Waals surface area contributed by atoms with E-state index in [0.717, 1.165) is 0 Å². The Hall–Kier alpha value is -1.91. The SMILES string of the molecule is C[N+]1=c2cnccc2=NC(=O)C1=O. The molecule has 2 heterocycles. The zero-order valence-electron chi connectivity index (χ0n) is 6.89. The summed E-state index contributed by atoms with van der Waals surface area (Å²) in [5.41, 5.74) is 0. The number of carbonyl (C=O) groups excluding carboxylic acids is 2. The molecule has 0 aliphatic carbocycles. The van der Waals surface area contributed by atoms with Crippen molar-refractivity contribution in [3.05, 3.63) is 29.2 Å². The third kappa shape index (κ3) is 1.05. The Kier molecular flexibility index (Phi) is 1.51. The topological polar surface area (TPSA) is 62.4 Å². The molecule has 13 heavy (non-hydrogen) atoms. The van der Waals surface area contributed by atoms with Crippen LogP contribution >= 0.6 is 0 Å². The van der Waals surface area contributed by atoms with Gasteiger partial charge in [0.15, 0.2) is 0 Å². The minimum Gasteiger partial charge on any atom is -0.258 e. The Morgan fingerprint density at radius 1 is 1.38 bits per heavy atom. The third-order valence-corrected chi connectivity index (χ3v) is 1.85. The molecule has 0 saturated heterocycles. The molecule has 1 aliphatic rings. The lowest BCUT2D eigenvalue weighted by Gasteiger charge is -1.95. The van der Waals surface area contributed by atoms with Crippen LogP contribution in [0.2, 0.25) is 0 Å². The summed E-state index contributed by atoms with van der Waals surface area (Å²) in [5, 5.41) is 1.05. The summed E-state index contributed by atoms with van der Waals surface area (Å²) in [6, 6.07) is 1.59. The molecule has 0 spiro atoms. The average molecular weight is 176 g/mol. The third-order valence-electron chi connectivity index (χ3n) is 1.85. The van der Waals surface area contributed by atoms with Crippen molar-refractivity contribution >= 4 is 11.8 Å². The van der Waals surface area contributed by atoms with Gasteiger partial charge in [0, 0.05) is 6.20 Å². The predicted octanol–water partition coefficient (Wildman–Crippen LogP) is -2.11. The lowest BCUT2D eigenvalue weighted by molar-refractivity contribution is -0.138. The van der Waals surface area contributed by atoms with Gasteiger partial charge in [-0.1, -0.05) is 0 Å². The van der Waals surface area contributed by atoms with Gasteiger partial charge in [-0.2, -0.15) is 9.57 Å². The van der Waals surface area contributed by atoms with E-state index in [0.29, 0.717) is 10.7 Å². The van der Waals surface area contributed by atoms with Crippen molar-refractivity contribution in [2.45, 2.75) is 0 Å². The van der Waals surface area contributed by atoms with Crippen LogP contribution in [0.3, 0.4) is 0 Å². The van der Waals surface area contributed by atoms with Gasteiger partial charge < -0.3 is 0 Å². The number of amides is 2. The number of pyridine rings is 1. The Balaban J connectivity index is 2.97. The molecule has 2 rings (SSSR count). The van der Waals surface area contributed by atoms with Crippen LogP contribution in [0.5, 0.6) is 0 Å². The highest BCUT2D eigenvalue weighted by molar-refractivity contribution is 6.36. The number of fused-ring (bicyclic) bond motifs is 1. The van der Waals surface area contributed by atoms with E-state index in [1.165, 1.54) is 24.0 Å². The van der Waals surface area contributed by atoms with Gasteiger partial charge in [-0.3, -0.25) is 9.78 Å². The maximum atomic E-state index is 11.1. The summed E-state index contributed by atoms with van der Waals surface area (Å²) in [6.45, 7) is 0. The van der Waals surface area contributed by atoms with Crippen LogP contribution < -0.4 is 15.3 Å². The first-order chi connectivity index (χ1) is 6.20. The van der Waals surface area contributed by atoms with E-state index in [1.807, 2.05) is 0 Å². The highest BCUT2D eigenvalue weighted by atomic mass is 16.2. The van der Waals surface area contributed by atoms with E-state index in [2.05, 4.69) is 9.98 Å². The van der Waals surface area contributed by atoms with Crippen molar-refractivity contribution in [2.24, 2.45) is 4.99 Å². The smallest absolute Gasteiger partial charge is 0.258 e. The zero-order valence-corrected chi connectivity index (χ0v) is 6.89. The summed E-state index contributed by atoms with van der Waals surface area (Å²) >= 11 is 0. The van der Waals surface area contributed by atoms with Gasteiger partial charge in [0.25, 0.3) is 5.36 Å². The van der Waals surface area contributed by atoms with E-state index in [1.54, 1.807) is 6.07 Å². The van der Waals surface area contributed by atoms with Gasteiger partial charge >= 0.3 is 11.8 Å². The first-order valence-electron chi connectivity index (χ1n) is 3.68. The van der Waals surface area contributed by atoms with E-state index in [-0.39, 0.29) is 0 Å². The molecule has 0 fully saturated rings. The second kappa shape index (κ2) is 2.55. The molecular formula is C8H6N3O2+. The average Bonchev–Trinajstić information content (AvgIpc) is 2.15. The van der Waals surface area contributed by atoms with E-state index >= 15 is 0 Å². The van der Waals surface area contributed by atoms with Gasteiger partial charge in [0.1, 0.15) is 18.6 Å². The molecule has 0 saturated carbocycles. The normalized spacial score (nSPS) is 15.3. The Bertz CT molecular complexity index is 518. The molecule has 1 aromatic rings. The first-order valence-corrected chi connectivity index (χ1v) is 3.68. The van der Waals surface area contributed by atoms with Gasteiger partial charge in [0.2, 0.25) is 0 Å². The first kappa shape index (κ1) is 7.72. The lowest BCUT2D eigenvalue weighted by atomic mass is 10.3. The fourth-order valence-electron chi connectivity index (χ4n) is 1.14. The molecule has 2 amide bonds. The van der Waals surface area contributed by atoms with Crippen LogP contribution in [-0.2, 0) is 9.59 Å². The molecule has 5 heteroatoms. The Morgan fingerprint density at radius 2 is 2.15 bits per heavy atom. The number of rotatable bonds is 0. The highest BCUT2D eigenvalue weighted by Gasteiger charge is 2.27. The van der Waals surface area contributed by atoms with E-state index in [4.69, 9.17) is 0 Å². The fraction of sp³-hybridized carbons (Fsp3) is 0.125. The Morgan fingerprint density at radius 3 is 2.92 bits per heavy atom. The van der Waals surface area contributed by atoms with Crippen molar-refractivity contribution in [1.82, 2.24) is 9.56 Å². The van der Waals surface area contributed by atoms with Crippen LogP contribution in [0, 0.1) is 0 Å². The molecular weight excluding hydrogens is 170 g/mol. The molecule has 1 aliphatic heterocycles. The monoisotopic (exact) mass is 176 g/mol. The second-order valence-electron chi connectivity index (χ2n) is 2.65. The molecule has 0 radical (unpaired) electrons. The van der Waals surface area contributed by atoms with Gasteiger partial charge in [-0.15, -0.1) is 0 Å². The number of hydrogen-bond donors (Lipinski definition) is 0. The fourth-order valence-corrected chi connectivity index (χ4v) is 1.14. The van der Waals surface area contributed by atoms with Gasteiger partial charge in [0.05, 0.1) is 0 Å². The predicted molar refractivity (Wildman–Crippen MR) is 42.2 cm³/mol. The quantitative estimate of drug-likeness (QED) is 0.335. The maximum Gasteiger partial charge on any atom is 0.479 e. The Labute approximate surface area is 73.1 Å². The number of carbonyl (C=O) groups is 2. The molecule has 5 nitrogen and oxygen atoms in total. The number of aromatic nitrogens is 1. The summed E-state index contributed by atoms with van der Waals surface area (Å²) in [4.78, 5) is 29.6. The van der Waals surface area contributed by atoms with E-state index < -0.39 is 11.8 Å². The highest BCUT2D eigenvalue weighted by Crippen LogP contribution is 1.80. The van der Waals surface area contributed by atoms with Crippen molar-refractivity contribution < 1.29 is 9.59 Å². The van der Waals surface area contributed by atoms with Gasteiger partial charge in [-0.25, -0.2) is 4.79 Å². The standard InChI is InChI=1S/C8H6N3O2/c1-11-6-4-9-3-2-5(6)10-7(12)8(11)13/h2-4H,1H3/q+1. The lowest BCUT2D eigenvalue weighted by Crippen LogP contribution is -2.48. The minimum atomic E-state index is -0.735. The number of likely N-dealkylation sites (N-methyl/N-ethyl adjacent to an activating group) is 1. The largest absolute Gasteiger partial charge is 0.479 e. The van der Waals surface area contributed by atoms with Gasteiger partial charge in [-0.05, 0) is 6.07 Å². The van der Waals surface area contributed by atoms with Crippen LogP contribution in [0.25, 0.3) is 0 Å².